The average Bonchev–Trinajstić information content (AvgIpc) is 2.77. The molecule has 0 aromatic heterocycles. The second kappa shape index (κ2) is 5.34. The maximum Gasteiger partial charge on any atom is 0.407 e. The van der Waals surface area contributed by atoms with Crippen molar-refractivity contribution in [2.75, 3.05) is 13.2 Å². The number of carbonyl (C=O) groups excluding carboxylic acids is 2. The van der Waals surface area contributed by atoms with Gasteiger partial charge in [-0.15, -0.1) is 0 Å². The Morgan fingerprint density at radius 2 is 2.18 bits per heavy atom. The lowest BCUT2D eigenvalue weighted by molar-refractivity contribution is -0.122. The second-order valence-electron chi connectivity index (χ2n) is 3.82. The van der Waals surface area contributed by atoms with Gasteiger partial charge in [-0.25, -0.2) is 4.79 Å². The van der Waals surface area contributed by atoms with Gasteiger partial charge >= 0.3 is 6.09 Å². The first-order valence-electron chi connectivity index (χ1n) is 5.50. The summed E-state index contributed by atoms with van der Waals surface area (Å²) in [5.74, 6) is -0.202. The van der Waals surface area contributed by atoms with E-state index in [1.54, 1.807) is 0 Å². The fourth-order valence-corrected chi connectivity index (χ4v) is 1.62. The normalized spacial score (nSPS) is 18.4. The van der Waals surface area contributed by atoms with Crippen molar-refractivity contribution in [1.82, 2.24) is 10.6 Å². The van der Waals surface area contributed by atoms with Gasteiger partial charge in [0.2, 0.25) is 5.91 Å². The molecule has 1 heterocycles. The van der Waals surface area contributed by atoms with Gasteiger partial charge in [0.25, 0.3) is 0 Å². The van der Waals surface area contributed by atoms with Crippen LogP contribution >= 0.6 is 0 Å². The number of benzene rings is 1. The van der Waals surface area contributed by atoms with Crippen molar-refractivity contribution in [3.63, 3.8) is 0 Å². The number of carbonyl (C=O) groups is 2. The van der Waals surface area contributed by atoms with E-state index in [0.717, 1.165) is 6.42 Å². The predicted molar refractivity (Wildman–Crippen MR) is 61.4 cm³/mol. The lowest BCUT2D eigenvalue weighted by Gasteiger charge is -2.08. The molecule has 0 saturated carbocycles. The molecule has 0 radical (unpaired) electrons. The van der Waals surface area contributed by atoms with Crippen LogP contribution in [0.1, 0.15) is 5.56 Å². The molecule has 0 aliphatic carbocycles. The van der Waals surface area contributed by atoms with Gasteiger partial charge in [-0.2, -0.15) is 0 Å². The van der Waals surface area contributed by atoms with E-state index < -0.39 is 12.1 Å². The molecule has 1 atom stereocenters. The minimum atomic E-state index is -0.557. The maximum atomic E-state index is 11.6. The first-order valence-corrected chi connectivity index (χ1v) is 5.50. The molecule has 5 heteroatoms. The molecule has 1 aliphatic heterocycles. The van der Waals surface area contributed by atoms with Crippen molar-refractivity contribution in [3.8, 4) is 0 Å². The Morgan fingerprint density at radius 3 is 2.82 bits per heavy atom. The molecule has 0 spiro atoms. The fourth-order valence-electron chi connectivity index (χ4n) is 1.62. The highest BCUT2D eigenvalue weighted by molar-refractivity contribution is 5.87. The fraction of sp³-hybridized carbons (Fsp3) is 0.333. The van der Waals surface area contributed by atoms with Gasteiger partial charge in [0.05, 0.1) is 0 Å². The van der Waals surface area contributed by atoms with Crippen LogP contribution in [0.5, 0.6) is 0 Å². The van der Waals surface area contributed by atoms with Crippen molar-refractivity contribution >= 4 is 12.0 Å². The van der Waals surface area contributed by atoms with Crippen molar-refractivity contribution in [2.45, 2.75) is 12.5 Å². The molecule has 0 bridgehead atoms. The number of amides is 2. The Labute approximate surface area is 99.2 Å². The molecule has 1 saturated heterocycles. The zero-order valence-corrected chi connectivity index (χ0v) is 9.31. The zero-order valence-electron chi connectivity index (χ0n) is 9.31. The summed E-state index contributed by atoms with van der Waals surface area (Å²) in [4.78, 5) is 22.3. The van der Waals surface area contributed by atoms with Crippen LogP contribution in [-0.4, -0.2) is 31.2 Å². The number of ether oxygens (including phenoxy) is 1. The molecule has 2 N–H and O–H groups in total. The van der Waals surface area contributed by atoms with Gasteiger partial charge in [-0.3, -0.25) is 4.79 Å². The van der Waals surface area contributed by atoms with E-state index in [0.29, 0.717) is 6.54 Å². The molecule has 90 valence electrons. The highest BCUT2D eigenvalue weighted by atomic mass is 16.6. The van der Waals surface area contributed by atoms with Gasteiger partial charge in [-0.05, 0) is 12.0 Å². The molecule has 1 aromatic carbocycles. The molecule has 2 amide bonds. The number of hydrogen-bond donors (Lipinski definition) is 2. The number of nitrogens with one attached hydrogen (secondary N) is 2. The van der Waals surface area contributed by atoms with Crippen LogP contribution in [0, 0.1) is 0 Å². The van der Waals surface area contributed by atoms with Gasteiger partial charge < -0.3 is 15.4 Å². The van der Waals surface area contributed by atoms with Crippen LogP contribution in [0.25, 0.3) is 0 Å². The van der Waals surface area contributed by atoms with E-state index in [1.807, 2.05) is 30.3 Å². The summed E-state index contributed by atoms with van der Waals surface area (Å²) in [7, 11) is 0. The number of cyclic esters (lactones) is 1. The Hall–Kier alpha value is -2.04. The first-order chi connectivity index (χ1) is 8.25. The smallest absolute Gasteiger partial charge is 0.407 e. The summed E-state index contributed by atoms with van der Waals surface area (Å²) < 4.78 is 4.64. The minimum Gasteiger partial charge on any atom is -0.447 e. The van der Waals surface area contributed by atoms with Crippen LogP contribution < -0.4 is 10.6 Å². The summed E-state index contributed by atoms with van der Waals surface area (Å²) in [5.41, 5.74) is 1.17. The molecule has 1 aromatic rings. The SMILES string of the molecule is O=C1NC(C(=O)NCCc2ccccc2)CO1. The van der Waals surface area contributed by atoms with Gasteiger partial charge in [0, 0.05) is 6.54 Å². The standard InChI is InChI=1S/C12H14N2O3/c15-11(10-8-17-12(16)14-10)13-7-6-9-4-2-1-3-5-9/h1-5,10H,6-8H2,(H,13,15)(H,14,16). The van der Waals surface area contributed by atoms with Crippen LogP contribution in [0.2, 0.25) is 0 Å². The third kappa shape index (κ3) is 3.21. The van der Waals surface area contributed by atoms with E-state index in [1.165, 1.54) is 5.56 Å². The van der Waals surface area contributed by atoms with E-state index >= 15 is 0 Å². The van der Waals surface area contributed by atoms with Crippen LogP contribution in [0.4, 0.5) is 4.79 Å². The number of alkyl carbamates (subject to hydrolysis) is 1. The Bertz CT molecular complexity index is 405. The summed E-state index contributed by atoms with van der Waals surface area (Å²) in [5, 5.41) is 5.19. The summed E-state index contributed by atoms with van der Waals surface area (Å²) >= 11 is 0. The first kappa shape index (κ1) is 11.4. The lowest BCUT2D eigenvalue weighted by Crippen LogP contribution is -2.43. The van der Waals surface area contributed by atoms with Crippen LogP contribution in [0.3, 0.4) is 0 Å². The highest BCUT2D eigenvalue weighted by Crippen LogP contribution is 2.00. The Morgan fingerprint density at radius 1 is 1.41 bits per heavy atom. The molecular formula is C12H14N2O3. The Kier molecular flexibility index (Phi) is 3.59. The monoisotopic (exact) mass is 234 g/mol. The van der Waals surface area contributed by atoms with Gasteiger partial charge in [0.1, 0.15) is 12.6 Å². The van der Waals surface area contributed by atoms with Gasteiger partial charge in [0.15, 0.2) is 0 Å². The van der Waals surface area contributed by atoms with E-state index in [2.05, 4.69) is 15.4 Å². The lowest BCUT2D eigenvalue weighted by atomic mass is 10.1. The number of rotatable bonds is 4. The van der Waals surface area contributed by atoms with Crippen molar-refractivity contribution in [2.24, 2.45) is 0 Å². The molecule has 1 aliphatic rings. The highest BCUT2D eigenvalue weighted by Gasteiger charge is 2.28. The predicted octanol–water partition coefficient (Wildman–Crippen LogP) is 0.454. The third-order valence-corrected chi connectivity index (χ3v) is 2.55. The summed E-state index contributed by atoms with van der Waals surface area (Å²) in [6, 6.07) is 9.33. The number of hydrogen-bond acceptors (Lipinski definition) is 3. The molecule has 2 rings (SSSR count). The Balaban J connectivity index is 1.72. The molecular weight excluding hydrogens is 220 g/mol. The van der Waals surface area contributed by atoms with Crippen molar-refractivity contribution in [3.05, 3.63) is 35.9 Å². The maximum absolute atomic E-state index is 11.6. The minimum absolute atomic E-state index is 0.107. The van der Waals surface area contributed by atoms with Crippen molar-refractivity contribution < 1.29 is 14.3 Å². The van der Waals surface area contributed by atoms with E-state index in [9.17, 15) is 9.59 Å². The van der Waals surface area contributed by atoms with Crippen LogP contribution in [0.15, 0.2) is 30.3 Å². The second-order valence-corrected chi connectivity index (χ2v) is 3.82. The topological polar surface area (TPSA) is 67.4 Å². The van der Waals surface area contributed by atoms with Crippen molar-refractivity contribution in [1.29, 1.82) is 0 Å². The quantitative estimate of drug-likeness (QED) is 0.795. The zero-order chi connectivity index (χ0) is 12.1. The average molecular weight is 234 g/mol. The van der Waals surface area contributed by atoms with Gasteiger partial charge in [-0.1, -0.05) is 30.3 Å². The van der Waals surface area contributed by atoms with E-state index in [4.69, 9.17) is 0 Å². The largest absolute Gasteiger partial charge is 0.447 e. The molecule has 1 fully saturated rings. The van der Waals surface area contributed by atoms with E-state index in [-0.39, 0.29) is 12.5 Å². The van der Waals surface area contributed by atoms with Crippen LogP contribution in [-0.2, 0) is 16.0 Å². The molecule has 5 nitrogen and oxygen atoms in total. The summed E-state index contributed by atoms with van der Waals surface area (Å²) in [6.07, 6.45) is 0.238. The molecule has 17 heavy (non-hydrogen) atoms. The molecule has 1 unspecified atom stereocenters. The summed E-state index contributed by atoms with van der Waals surface area (Å²) in [6.45, 7) is 0.658. The third-order valence-electron chi connectivity index (χ3n) is 2.55.